The van der Waals surface area contributed by atoms with Crippen LogP contribution in [0.25, 0.3) is 0 Å². The summed E-state index contributed by atoms with van der Waals surface area (Å²) in [5.41, 5.74) is 0. The van der Waals surface area contributed by atoms with Crippen molar-refractivity contribution in [1.29, 1.82) is 0 Å². The predicted octanol–water partition coefficient (Wildman–Crippen LogP) is 1.19. The second kappa shape index (κ2) is 5.38. The van der Waals surface area contributed by atoms with E-state index in [0.29, 0.717) is 12.6 Å². The van der Waals surface area contributed by atoms with E-state index in [9.17, 15) is 0 Å². The van der Waals surface area contributed by atoms with E-state index in [4.69, 9.17) is 6.42 Å². The molecule has 14 heavy (non-hydrogen) atoms. The minimum absolute atomic E-state index is 0.607. The Morgan fingerprint density at radius 1 is 1.43 bits per heavy atom. The van der Waals surface area contributed by atoms with E-state index in [0.717, 1.165) is 18.4 Å². The van der Waals surface area contributed by atoms with Crippen LogP contribution in [0, 0.1) is 24.2 Å². The van der Waals surface area contributed by atoms with E-state index < -0.39 is 0 Å². The van der Waals surface area contributed by atoms with Crippen LogP contribution in [0.3, 0.4) is 0 Å². The molecule has 1 aliphatic heterocycles. The van der Waals surface area contributed by atoms with E-state index >= 15 is 0 Å². The molecule has 3 unspecified atom stereocenters. The number of nitrogens with zero attached hydrogens (tertiary/aromatic N) is 1. The number of hydrogen-bond acceptors (Lipinski definition) is 2. The lowest BCUT2D eigenvalue weighted by Crippen LogP contribution is -2.39. The summed E-state index contributed by atoms with van der Waals surface area (Å²) in [6.45, 7) is 11.1. The van der Waals surface area contributed by atoms with Crippen molar-refractivity contribution in [3.8, 4) is 12.3 Å². The highest BCUT2D eigenvalue weighted by atomic mass is 15.2. The summed E-state index contributed by atoms with van der Waals surface area (Å²) in [6.07, 6.45) is 5.19. The van der Waals surface area contributed by atoms with E-state index in [2.05, 4.69) is 36.9 Å². The minimum atomic E-state index is 0.607. The molecule has 1 fully saturated rings. The van der Waals surface area contributed by atoms with Gasteiger partial charge in [-0.3, -0.25) is 4.90 Å². The Labute approximate surface area is 88.1 Å². The van der Waals surface area contributed by atoms with E-state index in [1.807, 2.05) is 0 Å². The van der Waals surface area contributed by atoms with Gasteiger partial charge in [-0.25, -0.2) is 0 Å². The van der Waals surface area contributed by atoms with Crippen molar-refractivity contribution in [1.82, 2.24) is 10.2 Å². The lowest BCUT2D eigenvalue weighted by Gasteiger charge is -2.24. The van der Waals surface area contributed by atoms with Crippen LogP contribution in [0.5, 0.6) is 0 Å². The first-order valence-electron chi connectivity index (χ1n) is 5.53. The highest BCUT2D eigenvalue weighted by Crippen LogP contribution is 2.23. The van der Waals surface area contributed by atoms with Gasteiger partial charge in [0.2, 0.25) is 0 Å². The van der Waals surface area contributed by atoms with Gasteiger partial charge >= 0.3 is 0 Å². The number of rotatable bonds is 4. The third-order valence-electron chi connectivity index (χ3n) is 3.31. The molecule has 1 saturated heterocycles. The van der Waals surface area contributed by atoms with Crippen LogP contribution in [0.1, 0.15) is 20.8 Å². The van der Waals surface area contributed by atoms with Gasteiger partial charge in [-0.05, 0) is 18.8 Å². The molecule has 1 aliphatic rings. The molecule has 0 spiro atoms. The number of hydrogen-bond donors (Lipinski definition) is 1. The van der Waals surface area contributed by atoms with Gasteiger partial charge in [-0.15, -0.1) is 6.42 Å². The van der Waals surface area contributed by atoms with E-state index in [1.54, 1.807) is 0 Å². The summed E-state index contributed by atoms with van der Waals surface area (Å²) < 4.78 is 0. The number of terminal acetylenes is 1. The Hall–Kier alpha value is -0.520. The molecule has 0 bridgehead atoms. The number of nitrogens with one attached hydrogen (secondary N) is 1. The van der Waals surface area contributed by atoms with Crippen molar-refractivity contribution in [2.24, 2.45) is 11.8 Å². The molecule has 2 heteroatoms. The lowest BCUT2D eigenvalue weighted by atomic mass is 10.0. The van der Waals surface area contributed by atoms with Gasteiger partial charge in [0.15, 0.2) is 0 Å². The molecule has 0 aromatic carbocycles. The van der Waals surface area contributed by atoms with E-state index in [-0.39, 0.29) is 0 Å². The van der Waals surface area contributed by atoms with Gasteiger partial charge in [-0.2, -0.15) is 0 Å². The maximum absolute atomic E-state index is 5.19. The third kappa shape index (κ3) is 3.01. The van der Waals surface area contributed by atoms with Crippen LogP contribution >= 0.6 is 0 Å². The summed E-state index contributed by atoms with van der Waals surface area (Å²) in [5.74, 6) is 4.28. The highest BCUT2D eigenvalue weighted by Gasteiger charge is 2.28. The Morgan fingerprint density at radius 3 is 2.50 bits per heavy atom. The van der Waals surface area contributed by atoms with Gasteiger partial charge < -0.3 is 5.32 Å². The topological polar surface area (TPSA) is 15.3 Å². The van der Waals surface area contributed by atoms with Crippen LogP contribution in [0.4, 0.5) is 0 Å². The van der Waals surface area contributed by atoms with Crippen molar-refractivity contribution < 1.29 is 0 Å². The Bertz CT molecular complexity index is 197. The summed E-state index contributed by atoms with van der Waals surface area (Å²) in [4.78, 5) is 2.55. The maximum Gasteiger partial charge on any atom is 0.0574 e. The fraction of sp³-hybridized carbons (Fsp3) is 0.833. The molecular formula is C12H22N2. The zero-order chi connectivity index (χ0) is 10.6. The van der Waals surface area contributed by atoms with Crippen molar-refractivity contribution in [2.45, 2.75) is 26.8 Å². The van der Waals surface area contributed by atoms with E-state index in [1.165, 1.54) is 13.1 Å². The standard InChI is InChI=1S/C12H22N2/c1-5-6-13-7-12(4)14-8-10(2)11(3)9-14/h1,10-13H,6-9H2,2-4H3. The summed E-state index contributed by atoms with van der Waals surface area (Å²) in [7, 11) is 0. The minimum Gasteiger partial charge on any atom is -0.305 e. The fourth-order valence-electron chi connectivity index (χ4n) is 2.02. The molecule has 0 amide bonds. The molecule has 3 atom stereocenters. The largest absolute Gasteiger partial charge is 0.305 e. The Morgan fingerprint density at radius 2 is 2.00 bits per heavy atom. The molecule has 1 rings (SSSR count). The molecule has 0 radical (unpaired) electrons. The predicted molar refractivity (Wildman–Crippen MR) is 61.1 cm³/mol. The van der Waals surface area contributed by atoms with Gasteiger partial charge in [0.25, 0.3) is 0 Å². The lowest BCUT2D eigenvalue weighted by molar-refractivity contribution is 0.243. The van der Waals surface area contributed by atoms with Crippen LogP contribution in [0.15, 0.2) is 0 Å². The zero-order valence-electron chi connectivity index (χ0n) is 9.59. The SMILES string of the molecule is C#CCNCC(C)N1CC(C)C(C)C1. The van der Waals surface area contributed by atoms with Crippen molar-refractivity contribution >= 4 is 0 Å². The first kappa shape index (κ1) is 11.6. The van der Waals surface area contributed by atoms with Crippen LogP contribution in [-0.4, -0.2) is 37.1 Å². The van der Waals surface area contributed by atoms with Crippen molar-refractivity contribution in [2.75, 3.05) is 26.2 Å². The molecule has 1 heterocycles. The molecule has 80 valence electrons. The van der Waals surface area contributed by atoms with Crippen LogP contribution in [0.2, 0.25) is 0 Å². The first-order valence-corrected chi connectivity index (χ1v) is 5.53. The molecular weight excluding hydrogens is 172 g/mol. The van der Waals surface area contributed by atoms with Gasteiger partial charge in [-0.1, -0.05) is 19.8 Å². The zero-order valence-corrected chi connectivity index (χ0v) is 9.59. The van der Waals surface area contributed by atoms with Crippen LogP contribution in [-0.2, 0) is 0 Å². The Kier molecular flexibility index (Phi) is 4.44. The summed E-state index contributed by atoms with van der Waals surface area (Å²) in [6, 6.07) is 0.607. The molecule has 2 nitrogen and oxygen atoms in total. The normalized spacial score (nSPS) is 30.1. The Balaban J connectivity index is 2.25. The second-order valence-electron chi connectivity index (χ2n) is 4.59. The molecule has 1 N–H and O–H groups in total. The molecule has 0 aliphatic carbocycles. The molecule has 0 aromatic heterocycles. The maximum atomic E-state index is 5.19. The van der Waals surface area contributed by atoms with Gasteiger partial charge in [0, 0.05) is 25.7 Å². The summed E-state index contributed by atoms with van der Waals surface area (Å²) in [5, 5.41) is 3.26. The molecule has 0 saturated carbocycles. The van der Waals surface area contributed by atoms with Gasteiger partial charge in [0.1, 0.15) is 0 Å². The van der Waals surface area contributed by atoms with Crippen molar-refractivity contribution in [3.63, 3.8) is 0 Å². The molecule has 0 aromatic rings. The number of likely N-dealkylation sites (tertiary alicyclic amines) is 1. The first-order chi connectivity index (χ1) is 6.65. The third-order valence-corrected chi connectivity index (χ3v) is 3.31. The summed E-state index contributed by atoms with van der Waals surface area (Å²) >= 11 is 0. The fourth-order valence-corrected chi connectivity index (χ4v) is 2.02. The second-order valence-corrected chi connectivity index (χ2v) is 4.59. The van der Waals surface area contributed by atoms with Crippen molar-refractivity contribution in [3.05, 3.63) is 0 Å². The monoisotopic (exact) mass is 194 g/mol. The smallest absolute Gasteiger partial charge is 0.0574 e. The average molecular weight is 194 g/mol. The average Bonchev–Trinajstić information content (AvgIpc) is 2.47. The highest BCUT2D eigenvalue weighted by molar-refractivity contribution is 4.88. The quantitative estimate of drug-likeness (QED) is 0.534. The van der Waals surface area contributed by atoms with Gasteiger partial charge in [0.05, 0.1) is 6.54 Å². The van der Waals surface area contributed by atoms with Crippen LogP contribution < -0.4 is 5.32 Å².